The van der Waals surface area contributed by atoms with Crippen LogP contribution in [-0.4, -0.2) is 18.5 Å². The van der Waals surface area contributed by atoms with Gasteiger partial charge in [-0.25, -0.2) is 0 Å². The summed E-state index contributed by atoms with van der Waals surface area (Å²) in [5, 5.41) is 0. The number of allylic oxidation sites excluding steroid dienone is 3. The van der Waals surface area contributed by atoms with Crippen LogP contribution in [0.5, 0.6) is 0 Å². The Balaban J connectivity index is 0.000000561. The molecule has 0 bridgehead atoms. The molecule has 12 heavy (non-hydrogen) atoms. The van der Waals surface area contributed by atoms with Gasteiger partial charge in [0.05, 0.1) is 0 Å². The van der Waals surface area contributed by atoms with Gasteiger partial charge in [-0.15, -0.1) is 0 Å². The lowest BCUT2D eigenvalue weighted by Crippen LogP contribution is -2.16. The topological polar surface area (TPSA) is 3.24 Å². The number of hydrogen-bond acceptors (Lipinski definition) is 1. The van der Waals surface area contributed by atoms with E-state index in [0.29, 0.717) is 0 Å². The Kier molecular flexibility index (Phi) is 5.52. The minimum Gasteiger partial charge on any atom is -0.378 e. The molecule has 1 aliphatic heterocycles. The van der Waals surface area contributed by atoms with Crippen molar-refractivity contribution in [1.29, 1.82) is 0 Å². The summed E-state index contributed by atoms with van der Waals surface area (Å²) in [6.07, 6.45) is 5.62. The number of hydrogen-bond donors (Lipinski definition) is 0. The highest BCUT2D eigenvalue weighted by molar-refractivity contribution is 5.23. The highest BCUT2D eigenvalue weighted by Crippen LogP contribution is 2.12. The highest BCUT2D eigenvalue weighted by Gasteiger charge is 2.02. The Labute approximate surface area is 76.8 Å². The summed E-state index contributed by atoms with van der Waals surface area (Å²) in [6.45, 7) is 9.48. The van der Waals surface area contributed by atoms with Gasteiger partial charge in [-0.2, -0.15) is 0 Å². The van der Waals surface area contributed by atoms with Gasteiger partial charge in [-0.1, -0.05) is 26.0 Å². The van der Waals surface area contributed by atoms with Crippen molar-refractivity contribution in [3.63, 3.8) is 0 Å². The Morgan fingerprint density at radius 1 is 1.25 bits per heavy atom. The molecule has 0 spiro atoms. The molecule has 1 aliphatic rings. The Morgan fingerprint density at radius 2 is 1.83 bits per heavy atom. The lowest BCUT2D eigenvalue weighted by molar-refractivity contribution is 0.426. The van der Waals surface area contributed by atoms with E-state index >= 15 is 0 Å². The molecule has 70 valence electrons. The number of rotatable bonds is 0. The molecule has 0 radical (unpaired) electrons. The quantitative estimate of drug-likeness (QED) is 0.535. The van der Waals surface area contributed by atoms with Crippen LogP contribution in [0, 0.1) is 0 Å². The molecule has 0 atom stereocenters. The molecule has 0 aliphatic carbocycles. The molecule has 1 nitrogen and oxygen atoms in total. The molecular weight excluding hydrogens is 146 g/mol. The molecular formula is C11H21N. The van der Waals surface area contributed by atoms with Crippen molar-refractivity contribution in [2.75, 3.05) is 13.6 Å². The summed E-state index contributed by atoms with van der Waals surface area (Å²) in [5.74, 6) is 0. The van der Waals surface area contributed by atoms with Crippen LogP contribution in [0.4, 0.5) is 0 Å². The third-order valence-corrected chi connectivity index (χ3v) is 2.14. The molecule has 1 heterocycles. The minimum atomic E-state index is 1.15. The van der Waals surface area contributed by atoms with E-state index in [2.05, 4.69) is 37.9 Å². The lowest BCUT2D eigenvalue weighted by Gasteiger charge is -2.18. The zero-order valence-electron chi connectivity index (χ0n) is 9.02. The maximum Gasteiger partial charge on any atom is 0.0206 e. The SMILES string of the molecule is CC.CC1=C(C)N(C)CCC=C1. The highest BCUT2D eigenvalue weighted by atomic mass is 15.1. The normalized spacial score (nSPS) is 16.9. The van der Waals surface area contributed by atoms with Gasteiger partial charge in [-0.05, 0) is 25.8 Å². The minimum absolute atomic E-state index is 1.15. The molecule has 0 aromatic heterocycles. The molecule has 1 heteroatoms. The predicted octanol–water partition coefficient (Wildman–Crippen LogP) is 3.20. The van der Waals surface area contributed by atoms with Crippen molar-refractivity contribution in [2.24, 2.45) is 0 Å². The first kappa shape index (κ1) is 11.3. The van der Waals surface area contributed by atoms with Crippen molar-refractivity contribution in [3.05, 3.63) is 23.4 Å². The summed E-state index contributed by atoms with van der Waals surface area (Å²) in [4.78, 5) is 2.30. The fourth-order valence-electron chi connectivity index (χ4n) is 1.12. The van der Waals surface area contributed by atoms with E-state index in [-0.39, 0.29) is 0 Å². The fraction of sp³-hybridized carbons (Fsp3) is 0.636. The first-order valence-electron chi connectivity index (χ1n) is 4.77. The van der Waals surface area contributed by atoms with Gasteiger partial charge in [0.2, 0.25) is 0 Å². The molecule has 0 saturated heterocycles. The molecule has 0 aromatic carbocycles. The maximum absolute atomic E-state index is 2.30. The lowest BCUT2D eigenvalue weighted by atomic mass is 10.2. The summed E-state index contributed by atoms with van der Waals surface area (Å²) in [5.41, 5.74) is 2.79. The van der Waals surface area contributed by atoms with Crippen LogP contribution in [0.1, 0.15) is 34.1 Å². The third kappa shape index (κ3) is 3.12. The molecule has 0 saturated carbocycles. The number of nitrogens with zero attached hydrogens (tertiary/aromatic N) is 1. The van der Waals surface area contributed by atoms with E-state index in [1.807, 2.05) is 13.8 Å². The van der Waals surface area contributed by atoms with Gasteiger partial charge >= 0.3 is 0 Å². The maximum atomic E-state index is 2.30. The summed E-state index contributed by atoms with van der Waals surface area (Å²) in [6, 6.07) is 0. The standard InChI is InChI=1S/C9H15N.C2H6/c1-8-6-4-5-7-10(3)9(8)2;1-2/h4,6H,5,7H2,1-3H3;1-2H3. The van der Waals surface area contributed by atoms with Gasteiger partial charge in [0.1, 0.15) is 0 Å². The summed E-state index contributed by atoms with van der Waals surface area (Å²) < 4.78 is 0. The Morgan fingerprint density at radius 3 is 2.42 bits per heavy atom. The van der Waals surface area contributed by atoms with E-state index in [1.54, 1.807) is 0 Å². The van der Waals surface area contributed by atoms with Gasteiger partial charge in [0, 0.05) is 19.3 Å². The Hall–Kier alpha value is -0.720. The molecule has 1 rings (SSSR count). The van der Waals surface area contributed by atoms with Gasteiger partial charge in [-0.3, -0.25) is 0 Å². The third-order valence-electron chi connectivity index (χ3n) is 2.14. The molecule has 0 unspecified atom stereocenters. The summed E-state index contributed by atoms with van der Waals surface area (Å²) in [7, 11) is 2.14. The monoisotopic (exact) mass is 167 g/mol. The van der Waals surface area contributed by atoms with Crippen LogP contribution in [0.25, 0.3) is 0 Å². The zero-order valence-corrected chi connectivity index (χ0v) is 9.02. The van der Waals surface area contributed by atoms with E-state index < -0.39 is 0 Å². The second-order valence-electron chi connectivity index (χ2n) is 2.88. The average molecular weight is 167 g/mol. The van der Waals surface area contributed by atoms with Crippen molar-refractivity contribution >= 4 is 0 Å². The van der Waals surface area contributed by atoms with Crippen molar-refractivity contribution in [3.8, 4) is 0 Å². The largest absolute Gasteiger partial charge is 0.378 e. The molecule has 0 fully saturated rings. The van der Waals surface area contributed by atoms with Crippen LogP contribution in [0.2, 0.25) is 0 Å². The second kappa shape index (κ2) is 5.87. The van der Waals surface area contributed by atoms with Crippen molar-refractivity contribution < 1.29 is 0 Å². The summed E-state index contributed by atoms with van der Waals surface area (Å²) >= 11 is 0. The van der Waals surface area contributed by atoms with Crippen LogP contribution in [0.3, 0.4) is 0 Å². The van der Waals surface area contributed by atoms with E-state index in [0.717, 1.165) is 6.54 Å². The van der Waals surface area contributed by atoms with Gasteiger partial charge in [0.25, 0.3) is 0 Å². The first-order chi connectivity index (χ1) is 5.72. The van der Waals surface area contributed by atoms with Gasteiger partial charge in [0.15, 0.2) is 0 Å². The Bertz CT molecular complexity index is 177. The fourth-order valence-corrected chi connectivity index (χ4v) is 1.12. The molecule has 0 amide bonds. The molecule has 0 N–H and O–H groups in total. The smallest absolute Gasteiger partial charge is 0.0206 e. The van der Waals surface area contributed by atoms with Crippen LogP contribution < -0.4 is 0 Å². The second-order valence-corrected chi connectivity index (χ2v) is 2.88. The van der Waals surface area contributed by atoms with Crippen LogP contribution in [0.15, 0.2) is 23.4 Å². The van der Waals surface area contributed by atoms with Crippen LogP contribution >= 0.6 is 0 Å². The first-order valence-corrected chi connectivity index (χ1v) is 4.77. The van der Waals surface area contributed by atoms with Crippen LogP contribution in [-0.2, 0) is 0 Å². The average Bonchev–Trinajstić information content (AvgIpc) is 2.24. The van der Waals surface area contributed by atoms with E-state index in [4.69, 9.17) is 0 Å². The molecule has 0 aromatic rings. The van der Waals surface area contributed by atoms with E-state index in [1.165, 1.54) is 17.7 Å². The predicted molar refractivity (Wildman–Crippen MR) is 56.1 cm³/mol. The van der Waals surface area contributed by atoms with Crippen molar-refractivity contribution in [1.82, 2.24) is 4.90 Å². The van der Waals surface area contributed by atoms with Crippen molar-refractivity contribution in [2.45, 2.75) is 34.1 Å². The van der Waals surface area contributed by atoms with Gasteiger partial charge < -0.3 is 4.90 Å². The zero-order chi connectivity index (χ0) is 9.56. The van der Waals surface area contributed by atoms with E-state index in [9.17, 15) is 0 Å².